The van der Waals surface area contributed by atoms with Crippen molar-refractivity contribution >= 4 is 0 Å². The SMILES string of the molecule is COc1cc(O)ccc1-c1nccn1[C@H]1CCN(Cc2ccccc2)C1. The number of benzene rings is 2. The molecule has 1 saturated heterocycles. The normalized spacial score (nSPS) is 17.5. The van der Waals surface area contributed by atoms with E-state index in [4.69, 9.17) is 4.74 Å². The monoisotopic (exact) mass is 349 g/mol. The summed E-state index contributed by atoms with van der Waals surface area (Å²) in [6.45, 7) is 3.05. The summed E-state index contributed by atoms with van der Waals surface area (Å²) in [5.74, 6) is 1.71. The van der Waals surface area contributed by atoms with Crippen molar-refractivity contribution in [3.63, 3.8) is 0 Å². The molecule has 1 aliphatic rings. The van der Waals surface area contributed by atoms with E-state index < -0.39 is 0 Å². The van der Waals surface area contributed by atoms with Gasteiger partial charge in [-0.05, 0) is 24.1 Å². The van der Waals surface area contributed by atoms with Crippen molar-refractivity contribution in [3.8, 4) is 22.9 Å². The largest absolute Gasteiger partial charge is 0.508 e. The number of methoxy groups -OCH3 is 1. The molecular formula is C21H23N3O2. The Balaban J connectivity index is 1.55. The molecular weight excluding hydrogens is 326 g/mol. The van der Waals surface area contributed by atoms with E-state index in [2.05, 4.69) is 44.8 Å². The maximum absolute atomic E-state index is 9.71. The fourth-order valence-corrected chi connectivity index (χ4v) is 3.71. The van der Waals surface area contributed by atoms with Crippen molar-refractivity contribution in [3.05, 3.63) is 66.5 Å². The Morgan fingerprint density at radius 2 is 2.04 bits per heavy atom. The third-order valence-corrected chi connectivity index (χ3v) is 4.98. The van der Waals surface area contributed by atoms with Gasteiger partial charge in [-0.3, -0.25) is 4.90 Å². The molecule has 1 atom stereocenters. The molecule has 0 bridgehead atoms. The van der Waals surface area contributed by atoms with Crippen LogP contribution in [0.1, 0.15) is 18.0 Å². The Bertz CT molecular complexity index is 876. The van der Waals surface area contributed by atoms with Gasteiger partial charge in [0.25, 0.3) is 0 Å². The first-order valence-electron chi connectivity index (χ1n) is 8.91. The number of rotatable bonds is 5. The highest BCUT2D eigenvalue weighted by molar-refractivity contribution is 5.66. The van der Waals surface area contributed by atoms with Crippen molar-refractivity contribution in [2.75, 3.05) is 20.2 Å². The van der Waals surface area contributed by atoms with E-state index in [-0.39, 0.29) is 5.75 Å². The molecule has 26 heavy (non-hydrogen) atoms. The summed E-state index contributed by atoms with van der Waals surface area (Å²) in [6.07, 6.45) is 4.97. The van der Waals surface area contributed by atoms with Crippen molar-refractivity contribution < 1.29 is 9.84 Å². The summed E-state index contributed by atoms with van der Waals surface area (Å²) in [5.41, 5.74) is 2.25. The van der Waals surface area contributed by atoms with E-state index in [0.29, 0.717) is 11.8 Å². The van der Waals surface area contributed by atoms with Crippen LogP contribution in [-0.2, 0) is 6.54 Å². The Morgan fingerprint density at radius 1 is 1.19 bits per heavy atom. The van der Waals surface area contributed by atoms with E-state index in [1.165, 1.54) is 5.56 Å². The lowest BCUT2D eigenvalue weighted by molar-refractivity contribution is 0.316. The molecule has 134 valence electrons. The van der Waals surface area contributed by atoms with Crippen LogP contribution in [0.2, 0.25) is 0 Å². The average molecular weight is 349 g/mol. The molecule has 4 rings (SSSR count). The van der Waals surface area contributed by atoms with Crippen LogP contribution in [-0.4, -0.2) is 39.8 Å². The Hall–Kier alpha value is -2.79. The van der Waals surface area contributed by atoms with Gasteiger partial charge in [-0.2, -0.15) is 0 Å². The molecule has 0 radical (unpaired) electrons. The lowest BCUT2D eigenvalue weighted by Crippen LogP contribution is -2.21. The van der Waals surface area contributed by atoms with Crippen LogP contribution in [0.5, 0.6) is 11.5 Å². The first-order chi connectivity index (χ1) is 12.7. The van der Waals surface area contributed by atoms with Crippen LogP contribution in [0.25, 0.3) is 11.4 Å². The summed E-state index contributed by atoms with van der Waals surface area (Å²) in [6, 6.07) is 16.1. The molecule has 1 N–H and O–H groups in total. The number of nitrogens with zero attached hydrogens (tertiary/aromatic N) is 3. The van der Waals surface area contributed by atoms with Crippen LogP contribution in [0.15, 0.2) is 60.9 Å². The maximum Gasteiger partial charge on any atom is 0.143 e. The van der Waals surface area contributed by atoms with Crippen molar-refractivity contribution in [1.29, 1.82) is 0 Å². The molecule has 0 aliphatic carbocycles. The third-order valence-electron chi connectivity index (χ3n) is 4.98. The summed E-state index contributed by atoms with van der Waals surface area (Å²) in [5, 5.41) is 9.71. The number of hydrogen-bond donors (Lipinski definition) is 1. The highest BCUT2D eigenvalue weighted by atomic mass is 16.5. The van der Waals surface area contributed by atoms with E-state index >= 15 is 0 Å². The molecule has 3 aromatic rings. The Morgan fingerprint density at radius 3 is 2.85 bits per heavy atom. The maximum atomic E-state index is 9.71. The Labute approximate surface area is 153 Å². The van der Waals surface area contributed by atoms with Gasteiger partial charge in [0.2, 0.25) is 0 Å². The molecule has 0 saturated carbocycles. The van der Waals surface area contributed by atoms with Gasteiger partial charge in [0.1, 0.15) is 17.3 Å². The van der Waals surface area contributed by atoms with Gasteiger partial charge in [0.15, 0.2) is 0 Å². The molecule has 5 nitrogen and oxygen atoms in total. The predicted octanol–water partition coefficient (Wildman–Crippen LogP) is 3.71. The molecule has 0 spiro atoms. The van der Waals surface area contributed by atoms with Gasteiger partial charge >= 0.3 is 0 Å². The first kappa shape index (κ1) is 16.7. The topological polar surface area (TPSA) is 50.5 Å². The van der Waals surface area contributed by atoms with Gasteiger partial charge in [-0.25, -0.2) is 4.98 Å². The minimum absolute atomic E-state index is 0.193. The lowest BCUT2D eigenvalue weighted by Gasteiger charge is -2.19. The van der Waals surface area contributed by atoms with E-state index in [1.54, 1.807) is 19.2 Å². The van der Waals surface area contributed by atoms with Crippen LogP contribution in [0, 0.1) is 0 Å². The second-order valence-corrected chi connectivity index (χ2v) is 6.71. The molecule has 0 unspecified atom stereocenters. The smallest absolute Gasteiger partial charge is 0.143 e. The van der Waals surface area contributed by atoms with Crippen molar-refractivity contribution in [1.82, 2.24) is 14.5 Å². The van der Waals surface area contributed by atoms with Crippen LogP contribution in [0.4, 0.5) is 0 Å². The number of aromatic nitrogens is 2. The molecule has 0 amide bonds. The number of ether oxygens (including phenoxy) is 1. The van der Waals surface area contributed by atoms with Crippen molar-refractivity contribution in [2.24, 2.45) is 0 Å². The number of phenolic OH excluding ortho intramolecular Hbond substituents is 1. The highest BCUT2D eigenvalue weighted by Gasteiger charge is 2.26. The van der Waals surface area contributed by atoms with Gasteiger partial charge < -0.3 is 14.4 Å². The van der Waals surface area contributed by atoms with Gasteiger partial charge in [-0.1, -0.05) is 30.3 Å². The predicted molar refractivity (Wildman–Crippen MR) is 101 cm³/mol. The average Bonchev–Trinajstić information content (AvgIpc) is 3.31. The first-order valence-corrected chi connectivity index (χ1v) is 8.91. The molecule has 1 fully saturated rings. The number of likely N-dealkylation sites (tertiary alicyclic amines) is 1. The second-order valence-electron chi connectivity index (χ2n) is 6.71. The number of aromatic hydroxyl groups is 1. The van der Waals surface area contributed by atoms with Crippen molar-refractivity contribution in [2.45, 2.75) is 19.0 Å². The van der Waals surface area contributed by atoms with Crippen LogP contribution in [0.3, 0.4) is 0 Å². The summed E-state index contributed by atoms with van der Waals surface area (Å²) in [4.78, 5) is 7.05. The Kier molecular flexibility index (Phi) is 4.63. The van der Waals surface area contributed by atoms with E-state index in [0.717, 1.165) is 37.4 Å². The lowest BCUT2D eigenvalue weighted by atomic mass is 10.1. The second kappa shape index (κ2) is 7.22. The van der Waals surface area contributed by atoms with Crippen LogP contribution >= 0.6 is 0 Å². The molecule has 2 heterocycles. The molecule has 1 aromatic heterocycles. The number of imidazole rings is 1. The zero-order valence-electron chi connectivity index (χ0n) is 14.9. The zero-order chi connectivity index (χ0) is 17.9. The van der Waals surface area contributed by atoms with Gasteiger partial charge in [0.05, 0.1) is 12.7 Å². The van der Waals surface area contributed by atoms with Gasteiger partial charge in [0, 0.05) is 44.1 Å². The summed E-state index contributed by atoms with van der Waals surface area (Å²) < 4.78 is 7.68. The quantitative estimate of drug-likeness (QED) is 0.763. The molecule has 2 aromatic carbocycles. The van der Waals surface area contributed by atoms with E-state index in [1.807, 2.05) is 18.5 Å². The number of hydrogen-bond acceptors (Lipinski definition) is 4. The summed E-state index contributed by atoms with van der Waals surface area (Å²) in [7, 11) is 1.61. The highest BCUT2D eigenvalue weighted by Crippen LogP contribution is 2.35. The summed E-state index contributed by atoms with van der Waals surface area (Å²) >= 11 is 0. The fraction of sp³-hybridized carbons (Fsp3) is 0.286. The van der Waals surface area contributed by atoms with Crippen LogP contribution < -0.4 is 4.74 Å². The minimum Gasteiger partial charge on any atom is -0.508 e. The molecule has 5 heteroatoms. The molecule has 1 aliphatic heterocycles. The third kappa shape index (κ3) is 3.30. The minimum atomic E-state index is 0.193. The van der Waals surface area contributed by atoms with Gasteiger partial charge in [-0.15, -0.1) is 0 Å². The standard InChI is InChI=1S/C21H23N3O2/c1-26-20-13-18(25)7-8-19(20)21-22-10-12-24(21)17-9-11-23(15-17)14-16-5-3-2-4-6-16/h2-8,10,12-13,17,25H,9,11,14-15H2,1H3/t17-/m0/s1. The zero-order valence-corrected chi connectivity index (χ0v) is 14.9. The fourth-order valence-electron chi connectivity index (χ4n) is 3.71. The van der Waals surface area contributed by atoms with E-state index in [9.17, 15) is 5.11 Å². The number of phenols is 1.